The third-order valence-electron chi connectivity index (χ3n) is 3.93. The van der Waals surface area contributed by atoms with Crippen molar-refractivity contribution in [3.05, 3.63) is 72.3 Å². The molecule has 2 nitrogen and oxygen atoms in total. The molecule has 0 unspecified atom stereocenters. The first-order chi connectivity index (χ1) is 11.3. The van der Waals surface area contributed by atoms with Crippen LogP contribution in [0.2, 0.25) is 0 Å². The maximum atomic E-state index is 10.5. The van der Waals surface area contributed by atoms with Gasteiger partial charge in [0.1, 0.15) is 0 Å². The van der Waals surface area contributed by atoms with Gasteiger partial charge in [-0.3, -0.25) is 4.79 Å². The molecule has 4 rings (SSSR count). The normalized spacial score (nSPS) is 12.0. The second-order valence-electron chi connectivity index (χ2n) is 5.42. The zero-order chi connectivity index (χ0) is 15.6. The molecule has 0 aromatic heterocycles. The Balaban J connectivity index is 1.76. The van der Waals surface area contributed by atoms with E-state index in [0.717, 1.165) is 22.5 Å². The van der Waals surface area contributed by atoms with E-state index in [9.17, 15) is 4.79 Å². The molecule has 0 saturated heterocycles. The Labute approximate surface area is 139 Å². The molecule has 0 fully saturated rings. The van der Waals surface area contributed by atoms with Crippen molar-refractivity contribution in [2.75, 3.05) is 5.32 Å². The predicted molar refractivity (Wildman–Crippen MR) is 95.1 cm³/mol. The van der Waals surface area contributed by atoms with Crippen molar-refractivity contribution in [1.29, 1.82) is 0 Å². The van der Waals surface area contributed by atoms with E-state index >= 15 is 0 Å². The lowest BCUT2D eigenvalue weighted by atomic mass is 10.0. The maximum absolute atomic E-state index is 10.5. The number of hydrogen-bond donors (Lipinski definition) is 1. The molecule has 0 saturated carbocycles. The minimum atomic E-state index is 0.342. The Morgan fingerprint density at radius 3 is 2.48 bits per heavy atom. The number of para-hydroxylation sites is 2. The van der Waals surface area contributed by atoms with Gasteiger partial charge in [0, 0.05) is 21.8 Å². The molecule has 1 radical (unpaired) electrons. The van der Waals surface area contributed by atoms with E-state index in [2.05, 4.69) is 53.8 Å². The van der Waals surface area contributed by atoms with Crippen molar-refractivity contribution < 1.29 is 4.79 Å². The molecule has 23 heavy (non-hydrogen) atoms. The zero-order valence-corrected chi connectivity index (χ0v) is 13.2. The lowest BCUT2D eigenvalue weighted by Gasteiger charge is -2.23. The summed E-state index contributed by atoms with van der Waals surface area (Å²) in [4.78, 5) is 13.0. The smallest absolute Gasteiger partial charge is 0.203 e. The van der Waals surface area contributed by atoms with Gasteiger partial charge in [0.15, 0.2) is 0 Å². The van der Waals surface area contributed by atoms with Crippen molar-refractivity contribution in [3.8, 4) is 11.1 Å². The van der Waals surface area contributed by atoms with Crippen molar-refractivity contribution in [1.82, 2.24) is 0 Å². The van der Waals surface area contributed by atoms with Gasteiger partial charge in [0.2, 0.25) is 6.29 Å². The van der Waals surface area contributed by atoms with Crippen LogP contribution in [0.25, 0.3) is 11.1 Å². The summed E-state index contributed by atoms with van der Waals surface area (Å²) in [5.74, 6) is 0. The van der Waals surface area contributed by atoms with Crippen LogP contribution >= 0.6 is 11.8 Å². The van der Waals surface area contributed by atoms with E-state index in [1.807, 2.05) is 24.5 Å². The molecule has 0 amide bonds. The number of carbonyl (C=O) groups excluding carboxylic acids is 1. The van der Waals surface area contributed by atoms with Crippen LogP contribution in [0.5, 0.6) is 0 Å². The van der Waals surface area contributed by atoms with E-state index < -0.39 is 0 Å². The molecule has 3 aromatic carbocycles. The molecule has 1 aliphatic heterocycles. The third-order valence-corrected chi connectivity index (χ3v) is 5.07. The van der Waals surface area contributed by atoms with Gasteiger partial charge in [0.25, 0.3) is 0 Å². The second-order valence-corrected chi connectivity index (χ2v) is 6.50. The first-order valence-electron chi connectivity index (χ1n) is 7.46. The molecule has 0 spiro atoms. The highest BCUT2D eigenvalue weighted by molar-refractivity contribution is 7.99. The van der Waals surface area contributed by atoms with Gasteiger partial charge >= 0.3 is 0 Å². The number of rotatable bonds is 3. The van der Waals surface area contributed by atoms with Crippen molar-refractivity contribution in [2.45, 2.75) is 16.2 Å². The van der Waals surface area contributed by atoms with Gasteiger partial charge in [-0.1, -0.05) is 60.3 Å². The molecule has 0 atom stereocenters. The summed E-state index contributed by atoms with van der Waals surface area (Å²) in [7, 11) is 0. The van der Waals surface area contributed by atoms with E-state index in [0.29, 0.717) is 6.42 Å². The fourth-order valence-corrected chi connectivity index (χ4v) is 3.81. The number of nitrogens with one attached hydrogen (secondary N) is 1. The Bertz CT molecular complexity index is 871. The summed E-state index contributed by atoms with van der Waals surface area (Å²) in [6, 6.07) is 22.8. The first-order valence-corrected chi connectivity index (χ1v) is 8.28. The Hall–Kier alpha value is -2.52. The molecule has 1 N–H and O–H groups in total. The lowest BCUT2D eigenvalue weighted by molar-refractivity contribution is 0.555. The van der Waals surface area contributed by atoms with Crippen LogP contribution < -0.4 is 5.32 Å². The molecule has 3 aromatic rings. The van der Waals surface area contributed by atoms with E-state index in [4.69, 9.17) is 0 Å². The molecular formula is C20H14NOS. The minimum absolute atomic E-state index is 0.342. The zero-order valence-electron chi connectivity index (χ0n) is 12.4. The predicted octanol–water partition coefficient (Wildman–Crippen LogP) is 5.21. The second kappa shape index (κ2) is 5.94. The number of hydrogen-bond acceptors (Lipinski definition) is 3. The first kappa shape index (κ1) is 14.1. The Morgan fingerprint density at radius 1 is 0.870 bits per heavy atom. The monoisotopic (exact) mass is 316 g/mol. The van der Waals surface area contributed by atoms with Crippen LogP contribution in [-0.2, 0) is 11.2 Å². The molecular weight excluding hydrogens is 302 g/mol. The highest BCUT2D eigenvalue weighted by Gasteiger charge is 2.18. The fourth-order valence-electron chi connectivity index (χ4n) is 2.78. The average molecular weight is 316 g/mol. The van der Waals surface area contributed by atoms with Crippen LogP contribution in [0.15, 0.2) is 76.5 Å². The van der Waals surface area contributed by atoms with Crippen LogP contribution in [0, 0.1) is 0 Å². The highest BCUT2D eigenvalue weighted by atomic mass is 32.2. The lowest BCUT2D eigenvalue weighted by Crippen LogP contribution is -2.01. The average Bonchev–Trinajstić information content (AvgIpc) is 2.60. The van der Waals surface area contributed by atoms with Crippen LogP contribution in [0.1, 0.15) is 5.56 Å². The molecule has 0 bridgehead atoms. The summed E-state index contributed by atoms with van der Waals surface area (Å²) in [6.45, 7) is 0. The van der Waals surface area contributed by atoms with E-state index in [1.165, 1.54) is 15.4 Å². The van der Waals surface area contributed by atoms with Crippen LogP contribution in [0.3, 0.4) is 0 Å². The fraction of sp³-hybridized carbons (Fsp3) is 0.0500. The maximum Gasteiger partial charge on any atom is 0.203 e. The highest BCUT2D eigenvalue weighted by Crippen LogP contribution is 2.47. The summed E-state index contributed by atoms with van der Waals surface area (Å²) < 4.78 is 0. The SMILES string of the molecule is O=[C]Cc1ccc(-c2cccc3c2Nc2ccccc2S3)cc1. The van der Waals surface area contributed by atoms with Crippen molar-refractivity contribution >= 4 is 29.4 Å². The quantitative estimate of drug-likeness (QED) is 0.562. The molecule has 0 aliphatic carbocycles. The number of fused-ring (bicyclic) bond motifs is 2. The van der Waals surface area contributed by atoms with Gasteiger partial charge in [0.05, 0.1) is 11.4 Å². The number of anilines is 2. The minimum Gasteiger partial charge on any atom is -0.353 e. The topological polar surface area (TPSA) is 29.1 Å². The van der Waals surface area contributed by atoms with Gasteiger partial charge in [-0.25, -0.2) is 0 Å². The van der Waals surface area contributed by atoms with Gasteiger partial charge < -0.3 is 5.32 Å². The summed E-state index contributed by atoms with van der Waals surface area (Å²) in [5.41, 5.74) is 5.59. The molecule has 111 valence electrons. The van der Waals surface area contributed by atoms with Gasteiger partial charge in [-0.2, -0.15) is 0 Å². The van der Waals surface area contributed by atoms with Crippen molar-refractivity contribution in [2.24, 2.45) is 0 Å². The molecule has 1 aliphatic rings. The third kappa shape index (κ3) is 2.64. The standard InChI is InChI=1S/C20H14NOS/c22-13-12-14-8-10-15(11-9-14)16-4-3-7-19-20(16)21-17-5-1-2-6-18(17)23-19/h1-11,21H,12H2. The van der Waals surface area contributed by atoms with Gasteiger partial charge in [-0.15, -0.1) is 0 Å². The Morgan fingerprint density at radius 2 is 1.65 bits per heavy atom. The van der Waals surface area contributed by atoms with E-state index in [1.54, 1.807) is 11.8 Å². The number of benzene rings is 3. The van der Waals surface area contributed by atoms with Gasteiger partial charge in [-0.05, 0) is 29.3 Å². The Kier molecular flexibility index (Phi) is 3.64. The summed E-state index contributed by atoms with van der Waals surface area (Å²) >= 11 is 1.79. The van der Waals surface area contributed by atoms with E-state index in [-0.39, 0.29) is 0 Å². The largest absolute Gasteiger partial charge is 0.353 e. The van der Waals surface area contributed by atoms with Crippen LogP contribution in [0.4, 0.5) is 11.4 Å². The summed E-state index contributed by atoms with van der Waals surface area (Å²) in [5, 5.41) is 3.56. The van der Waals surface area contributed by atoms with Crippen LogP contribution in [-0.4, -0.2) is 6.29 Å². The molecule has 3 heteroatoms. The summed E-state index contributed by atoms with van der Waals surface area (Å²) in [6.07, 6.45) is 2.28. The molecule has 1 heterocycles. The van der Waals surface area contributed by atoms with Crippen molar-refractivity contribution in [3.63, 3.8) is 0 Å².